The first-order valence-corrected chi connectivity index (χ1v) is 20.6. The highest BCUT2D eigenvalue weighted by Crippen LogP contribution is 2.42. The Morgan fingerprint density at radius 2 is 0.820 bits per heavy atom. The molecular weight excluding hydrogens is 743 g/mol. The van der Waals surface area contributed by atoms with Crippen molar-refractivity contribution in [1.29, 1.82) is 0 Å². The maximum atomic E-state index is 6.85. The predicted molar refractivity (Wildman–Crippen MR) is 252 cm³/mol. The van der Waals surface area contributed by atoms with Gasteiger partial charge in [0, 0.05) is 33.0 Å². The van der Waals surface area contributed by atoms with Crippen LogP contribution in [-0.2, 0) is 0 Å². The molecule has 0 aliphatic carbocycles. The van der Waals surface area contributed by atoms with Crippen molar-refractivity contribution in [3.63, 3.8) is 0 Å². The van der Waals surface area contributed by atoms with Crippen LogP contribution in [0.4, 0.5) is 0 Å². The number of para-hydroxylation sites is 1. The van der Waals surface area contributed by atoms with Crippen LogP contribution in [-0.4, -0.2) is 15.0 Å². The van der Waals surface area contributed by atoms with Crippen LogP contribution in [0.5, 0.6) is 0 Å². The predicted octanol–water partition coefficient (Wildman–Crippen LogP) is 15.2. The van der Waals surface area contributed by atoms with Crippen LogP contribution in [0.2, 0.25) is 0 Å². The third kappa shape index (κ3) is 6.04. The van der Waals surface area contributed by atoms with E-state index in [-0.39, 0.29) is 0 Å². The van der Waals surface area contributed by atoms with Gasteiger partial charge in [0.2, 0.25) is 0 Å². The molecule has 0 fully saturated rings. The fraction of sp³-hybridized carbons (Fsp3) is 0. The summed E-state index contributed by atoms with van der Waals surface area (Å²) in [6.45, 7) is 0. The number of rotatable bonds is 6. The highest BCUT2D eigenvalue weighted by molar-refractivity contribution is 6.16. The Labute approximate surface area is 352 Å². The standard InChI is InChI=1S/C57H35N3O/c1-3-13-36(14-4-1)37-25-28-40(29-26-37)55-58-56(43-31-32-47-42(33-43)30-27-39-17-7-9-19-45(39)47)60-57(59-55)50-23-12-24-52-53(50)49-22-11-21-48(54(49)61-52)44-34-41-18-8-10-20-46(41)51(35-44)38-15-5-2-6-16-38/h1-35H. The molecule has 0 atom stereocenters. The van der Waals surface area contributed by atoms with E-state index in [0.29, 0.717) is 17.5 Å². The number of nitrogens with zero attached hydrogens (tertiary/aromatic N) is 3. The molecule has 12 rings (SSSR count). The molecule has 4 nitrogen and oxygen atoms in total. The molecule has 0 bridgehead atoms. The van der Waals surface area contributed by atoms with Gasteiger partial charge in [-0.15, -0.1) is 0 Å². The molecule has 10 aromatic carbocycles. The molecule has 0 saturated carbocycles. The molecular formula is C57H35N3O. The number of aromatic nitrogens is 3. The molecule has 0 aliphatic rings. The van der Waals surface area contributed by atoms with E-state index in [1.807, 2.05) is 18.2 Å². The van der Waals surface area contributed by atoms with E-state index in [2.05, 4.69) is 194 Å². The Morgan fingerprint density at radius 1 is 0.279 bits per heavy atom. The van der Waals surface area contributed by atoms with Crippen LogP contribution in [0.1, 0.15) is 0 Å². The quantitative estimate of drug-likeness (QED) is 0.158. The second-order valence-electron chi connectivity index (χ2n) is 15.5. The van der Waals surface area contributed by atoms with Gasteiger partial charge in [0.15, 0.2) is 17.5 Å². The number of hydrogen-bond donors (Lipinski definition) is 0. The molecule has 4 heteroatoms. The van der Waals surface area contributed by atoms with Gasteiger partial charge in [-0.2, -0.15) is 0 Å². The Hall–Kier alpha value is -8.21. The summed E-state index contributed by atoms with van der Waals surface area (Å²) in [5.74, 6) is 1.80. The normalized spacial score (nSPS) is 11.6. The minimum Gasteiger partial charge on any atom is -0.455 e. The topological polar surface area (TPSA) is 51.8 Å². The summed E-state index contributed by atoms with van der Waals surface area (Å²) >= 11 is 0. The summed E-state index contributed by atoms with van der Waals surface area (Å²) in [4.78, 5) is 15.7. The fourth-order valence-electron chi connectivity index (χ4n) is 8.93. The first kappa shape index (κ1) is 34.8. The monoisotopic (exact) mass is 777 g/mol. The van der Waals surface area contributed by atoms with Gasteiger partial charge in [-0.25, -0.2) is 15.0 Å². The number of benzene rings is 10. The van der Waals surface area contributed by atoms with Crippen LogP contribution in [0.25, 0.3) is 122 Å². The van der Waals surface area contributed by atoms with Crippen molar-refractivity contribution in [1.82, 2.24) is 15.0 Å². The van der Waals surface area contributed by atoms with Crippen LogP contribution in [0.3, 0.4) is 0 Å². The zero-order valence-corrected chi connectivity index (χ0v) is 33.0. The SMILES string of the molecule is c1ccc(-c2ccc(-c3nc(-c4ccc5c(ccc6ccccc65)c4)nc(-c4cccc5oc6c(-c7cc(-c8ccccc8)c8ccccc8c7)cccc6c45)n3)cc2)cc1. The van der Waals surface area contributed by atoms with Crippen molar-refractivity contribution in [2.24, 2.45) is 0 Å². The molecule has 0 N–H and O–H groups in total. The van der Waals surface area contributed by atoms with Crippen molar-refractivity contribution in [3.05, 3.63) is 212 Å². The van der Waals surface area contributed by atoms with Crippen molar-refractivity contribution in [2.45, 2.75) is 0 Å². The van der Waals surface area contributed by atoms with Crippen molar-refractivity contribution in [2.75, 3.05) is 0 Å². The molecule has 0 amide bonds. The van der Waals surface area contributed by atoms with Crippen molar-refractivity contribution in [3.8, 4) is 67.5 Å². The van der Waals surface area contributed by atoms with Gasteiger partial charge in [0.25, 0.3) is 0 Å². The van der Waals surface area contributed by atoms with Crippen molar-refractivity contribution >= 4 is 54.3 Å². The average molecular weight is 778 g/mol. The highest BCUT2D eigenvalue weighted by atomic mass is 16.3. The average Bonchev–Trinajstić information content (AvgIpc) is 3.73. The largest absolute Gasteiger partial charge is 0.455 e. The van der Waals surface area contributed by atoms with Crippen molar-refractivity contribution < 1.29 is 4.42 Å². The minimum atomic E-state index is 0.585. The molecule has 12 aromatic rings. The van der Waals surface area contributed by atoms with Gasteiger partial charge in [-0.05, 0) is 84.4 Å². The van der Waals surface area contributed by atoms with E-state index in [9.17, 15) is 0 Å². The lowest BCUT2D eigenvalue weighted by Crippen LogP contribution is -2.00. The van der Waals surface area contributed by atoms with Gasteiger partial charge >= 0.3 is 0 Å². The summed E-state index contributed by atoms with van der Waals surface area (Å²) in [7, 11) is 0. The van der Waals surface area contributed by atoms with E-state index in [0.717, 1.165) is 66.3 Å². The van der Waals surface area contributed by atoms with Crippen LogP contribution in [0.15, 0.2) is 217 Å². The first-order valence-electron chi connectivity index (χ1n) is 20.6. The zero-order chi connectivity index (χ0) is 40.3. The van der Waals surface area contributed by atoms with E-state index in [1.165, 1.54) is 38.1 Å². The van der Waals surface area contributed by atoms with Gasteiger partial charge in [0.1, 0.15) is 11.2 Å². The number of furan rings is 1. The minimum absolute atomic E-state index is 0.585. The van der Waals surface area contributed by atoms with Crippen LogP contribution in [0, 0.1) is 0 Å². The lowest BCUT2D eigenvalue weighted by Gasteiger charge is -2.12. The van der Waals surface area contributed by atoms with Crippen LogP contribution >= 0.6 is 0 Å². The second kappa shape index (κ2) is 14.3. The summed E-state index contributed by atoms with van der Waals surface area (Å²) < 4.78 is 6.85. The smallest absolute Gasteiger partial charge is 0.164 e. The molecule has 0 radical (unpaired) electrons. The zero-order valence-electron chi connectivity index (χ0n) is 33.0. The lowest BCUT2D eigenvalue weighted by atomic mass is 9.92. The summed E-state index contributed by atoms with van der Waals surface area (Å²) in [6, 6.07) is 74.6. The van der Waals surface area contributed by atoms with Gasteiger partial charge < -0.3 is 4.42 Å². The third-order valence-electron chi connectivity index (χ3n) is 11.9. The Balaban J connectivity index is 1.05. The Kier molecular flexibility index (Phi) is 8.13. The number of fused-ring (bicyclic) bond motifs is 7. The summed E-state index contributed by atoms with van der Waals surface area (Å²) in [6.07, 6.45) is 0. The lowest BCUT2D eigenvalue weighted by molar-refractivity contribution is 0.670. The van der Waals surface area contributed by atoms with E-state index in [1.54, 1.807) is 0 Å². The molecule has 2 aromatic heterocycles. The molecule has 61 heavy (non-hydrogen) atoms. The van der Waals surface area contributed by atoms with Gasteiger partial charge in [-0.3, -0.25) is 0 Å². The molecule has 0 aliphatic heterocycles. The molecule has 284 valence electrons. The van der Waals surface area contributed by atoms with E-state index < -0.39 is 0 Å². The third-order valence-corrected chi connectivity index (χ3v) is 11.9. The summed E-state index contributed by atoms with van der Waals surface area (Å²) in [5, 5.41) is 9.13. The summed E-state index contributed by atoms with van der Waals surface area (Å²) in [5.41, 5.74) is 11.1. The molecule has 0 spiro atoms. The molecule has 0 saturated heterocycles. The van der Waals surface area contributed by atoms with E-state index in [4.69, 9.17) is 19.4 Å². The van der Waals surface area contributed by atoms with Gasteiger partial charge in [-0.1, -0.05) is 188 Å². The van der Waals surface area contributed by atoms with Crippen LogP contribution < -0.4 is 0 Å². The second-order valence-corrected chi connectivity index (χ2v) is 15.5. The first-order chi connectivity index (χ1) is 30.2. The maximum absolute atomic E-state index is 6.85. The van der Waals surface area contributed by atoms with E-state index >= 15 is 0 Å². The Bertz CT molecular complexity index is 3630. The molecule has 2 heterocycles. The Morgan fingerprint density at radius 3 is 1.64 bits per heavy atom. The molecule has 0 unspecified atom stereocenters. The fourth-order valence-corrected chi connectivity index (χ4v) is 8.93. The maximum Gasteiger partial charge on any atom is 0.164 e. The van der Waals surface area contributed by atoms with Gasteiger partial charge in [0.05, 0.1) is 0 Å². The highest BCUT2D eigenvalue weighted by Gasteiger charge is 2.21. The number of hydrogen-bond acceptors (Lipinski definition) is 4.